The van der Waals surface area contributed by atoms with Gasteiger partial charge in [0.05, 0.1) is 18.8 Å². The zero-order chi connectivity index (χ0) is 13.9. The molecule has 0 saturated heterocycles. The van der Waals surface area contributed by atoms with Crippen LogP contribution in [0.3, 0.4) is 0 Å². The van der Waals surface area contributed by atoms with Crippen LogP contribution in [0.15, 0.2) is 36.5 Å². The zero-order valence-corrected chi connectivity index (χ0v) is 12.0. The van der Waals surface area contributed by atoms with Crippen LogP contribution in [0, 0.1) is 0 Å². The molecule has 0 radical (unpaired) electrons. The third kappa shape index (κ3) is 2.70. The van der Waals surface area contributed by atoms with Crippen LogP contribution < -0.4 is 10.1 Å². The molecule has 106 valence electrons. The summed E-state index contributed by atoms with van der Waals surface area (Å²) in [5.74, 6) is 1.41. The summed E-state index contributed by atoms with van der Waals surface area (Å²) in [6.45, 7) is 6.78. The fraction of sp³-hybridized carbons (Fsp3) is 0.438. The second-order valence-corrected chi connectivity index (χ2v) is 5.59. The molecule has 4 nitrogen and oxygen atoms in total. The molecule has 1 aromatic heterocycles. The van der Waals surface area contributed by atoms with Crippen LogP contribution in [0.25, 0.3) is 0 Å². The lowest BCUT2D eigenvalue weighted by atomic mass is 10.0. The lowest BCUT2D eigenvalue weighted by molar-refractivity contribution is 0.313. The summed E-state index contributed by atoms with van der Waals surface area (Å²) < 4.78 is 7.83. The first-order valence-electron chi connectivity index (χ1n) is 7.20. The molecule has 0 aliphatic carbocycles. The van der Waals surface area contributed by atoms with Gasteiger partial charge in [0.1, 0.15) is 5.75 Å². The number of nitrogens with one attached hydrogen (secondary N) is 1. The van der Waals surface area contributed by atoms with E-state index in [0.29, 0.717) is 12.0 Å². The molecule has 4 heteroatoms. The summed E-state index contributed by atoms with van der Waals surface area (Å²) in [6.07, 6.45) is 1.87. The number of rotatable bonds is 5. The Balaban J connectivity index is 1.72. The van der Waals surface area contributed by atoms with Crippen molar-refractivity contribution >= 4 is 0 Å². The molecule has 1 aliphatic heterocycles. The fourth-order valence-corrected chi connectivity index (χ4v) is 2.57. The highest BCUT2D eigenvalue weighted by atomic mass is 16.5. The lowest BCUT2D eigenvalue weighted by Gasteiger charge is -2.14. The smallest absolute Gasteiger partial charge is 0.122 e. The maximum atomic E-state index is 5.74. The molecular formula is C16H21N3O. The van der Waals surface area contributed by atoms with Gasteiger partial charge in [-0.25, -0.2) is 0 Å². The van der Waals surface area contributed by atoms with Crippen molar-refractivity contribution in [2.45, 2.75) is 38.9 Å². The molecule has 0 saturated carbocycles. The van der Waals surface area contributed by atoms with E-state index in [-0.39, 0.29) is 0 Å². The van der Waals surface area contributed by atoms with Gasteiger partial charge in [0.15, 0.2) is 0 Å². The van der Waals surface area contributed by atoms with E-state index < -0.39 is 0 Å². The van der Waals surface area contributed by atoms with Crippen molar-refractivity contribution < 1.29 is 4.74 Å². The molecule has 1 aliphatic rings. The largest absolute Gasteiger partial charge is 0.493 e. The van der Waals surface area contributed by atoms with Gasteiger partial charge < -0.3 is 10.1 Å². The van der Waals surface area contributed by atoms with Crippen LogP contribution >= 0.6 is 0 Å². The summed E-state index contributed by atoms with van der Waals surface area (Å²) in [4.78, 5) is 0. The summed E-state index contributed by atoms with van der Waals surface area (Å²) in [7, 11) is 0. The summed E-state index contributed by atoms with van der Waals surface area (Å²) in [5, 5.41) is 7.89. The molecule has 0 amide bonds. The highest BCUT2D eigenvalue weighted by Crippen LogP contribution is 2.34. The SMILES string of the molecule is CC(C)NCc1ccnn1CC1COc2ccccc21. The first kappa shape index (κ1) is 13.2. The number of benzene rings is 1. The van der Waals surface area contributed by atoms with Gasteiger partial charge in [-0.05, 0) is 12.1 Å². The highest BCUT2D eigenvalue weighted by Gasteiger charge is 2.24. The fourth-order valence-electron chi connectivity index (χ4n) is 2.57. The van der Waals surface area contributed by atoms with Crippen molar-refractivity contribution in [1.82, 2.24) is 15.1 Å². The number of hydrogen-bond acceptors (Lipinski definition) is 3. The third-order valence-corrected chi connectivity index (χ3v) is 3.69. The van der Waals surface area contributed by atoms with Gasteiger partial charge in [-0.2, -0.15) is 5.10 Å². The summed E-state index contributed by atoms with van der Waals surface area (Å²) in [5.41, 5.74) is 2.52. The number of fused-ring (bicyclic) bond motifs is 1. The predicted octanol–water partition coefficient (Wildman–Crippen LogP) is 2.56. The standard InChI is InChI=1S/C16H21N3O/c1-12(2)17-9-14-7-8-18-19(14)10-13-11-20-16-6-4-3-5-15(13)16/h3-8,12-13,17H,9-11H2,1-2H3. The third-order valence-electron chi connectivity index (χ3n) is 3.69. The van der Waals surface area contributed by atoms with Crippen molar-refractivity contribution in [1.29, 1.82) is 0 Å². The number of aromatic nitrogens is 2. The summed E-state index contributed by atoms with van der Waals surface area (Å²) >= 11 is 0. The normalized spacial score (nSPS) is 17.2. The molecule has 0 spiro atoms. The number of para-hydroxylation sites is 1. The van der Waals surface area contributed by atoms with Crippen molar-refractivity contribution in [3.8, 4) is 5.75 Å². The van der Waals surface area contributed by atoms with E-state index in [1.807, 2.05) is 18.3 Å². The Labute approximate surface area is 119 Å². The molecule has 1 unspecified atom stereocenters. The molecule has 1 N–H and O–H groups in total. The Bertz CT molecular complexity index is 577. The van der Waals surface area contributed by atoms with E-state index in [9.17, 15) is 0 Å². The molecule has 1 aromatic carbocycles. The zero-order valence-electron chi connectivity index (χ0n) is 12.0. The van der Waals surface area contributed by atoms with Gasteiger partial charge >= 0.3 is 0 Å². The molecule has 0 fully saturated rings. The van der Waals surface area contributed by atoms with Crippen LogP contribution in [0.1, 0.15) is 31.0 Å². The van der Waals surface area contributed by atoms with Crippen molar-refractivity contribution in [3.63, 3.8) is 0 Å². The van der Waals surface area contributed by atoms with E-state index in [2.05, 4.69) is 47.1 Å². The lowest BCUT2D eigenvalue weighted by Crippen LogP contribution is -2.24. The Morgan fingerprint density at radius 1 is 1.35 bits per heavy atom. The van der Waals surface area contributed by atoms with Crippen LogP contribution in [-0.4, -0.2) is 22.4 Å². The molecule has 2 heterocycles. The Kier molecular flexibility index (Phi) is 3.74. The van der Waals surface area contributed by atoms with E-state index in [1.165, 1.54) is 11.3 Å². The van der Waals surface area contributed by atoms with Crippen LogP contribution in [-0.2, 0) is 13.1 Å². The highest BCUT2D eigenvalue weighted by molar-refractivity contribution is 5.39. The molecule has 3 rings (SSSR count). The molecule has 1 atom stereocenters. The van der Waals surface area contributed by atoms with Gasteiger partial charge in [0.2, 0.25) is 0 Å². The second-order valence-electron chi connectivity index (χ2n) is 5.59. The number of ether oxygens (including phenoxy) is 1. The van der Waals surface area contributed by atoms with Gasteiger partial charge in [0.25, 0.3) is 0 Å². The number of hydrogen-bond donors (Lipinski definition) is 1. The Hall–Kier alpha value is -1.81. The van der Waals surface area contributed by atoms with Crippen molar-refractivity contribution in [3.05, 3.63) is 47.8 Å². The molecule has 0 bridgehead atoms. The van der Waals surface area contributed by atoms with Crippen molar-refractivity contribution in [2.75, 3.05) is 6.61 Å². The van der Waals surface area contributed by atoms with E-state index in [4.69, 9.17) is 4.74 Å². The predicted molar refractivity (Wildman–Crippen MR) is 78.9 cm³/mol. The minimum Gasteiger partial charge on any atom is -0.493 e. The molecule has 20 heavy (non-hydrogen) atoms. The minimum atomic E-state index is 0.392. The molecular weight excluding hydrogens is 250 g/mol. The minimum absolute atomic E-state index is 0.392. The quantitative estimate of drug-likeness (QED) is 0.908. The van der Waals surface area contributed by atoms with Crippen LogP contribution in [0.2, 0.25) is 0 Å². The Morgan fingerprint density at radius 2 is 2.20 bits per heavy atom. The summed E-state index contributed by atoms with van der Waals surface area (Å²) in [6, 6.07) is 10.9. The van der Waals surface area contributed by atoms with E-state index in [1.54, 1.807) is 0 Å². The topological polar surface area (TPSA) is 39.1 Å². The van der Waals surface area contributed by atoms with E-state index in [0.717, 1.165) is 25.4 Å². The first-order chi connectivity index (χ1) is 9.74. The van der Waals surface area contributed by atoms with E-state index >= 15 is 0 Å². The maximum Gasteiger partial charge on any atom is 0.122 e. The number of nitrogens with zero attached hydrogens (tertiary/aromatic N) is 2. The van der Waals surface area contributed by atoms with Gasteiger partial charge in [0, 0.05) is 30.3 Å². The second kappa shape index (κ2) is 5.67. The molecule has 2 aromatic rings. The average Bonchev–Trinajstić information content (AvgIpc) is 3.05. The maximum absolute atomic E-state index is 5.74. The Morgan fingerprint density at radius 3 is 3.05 bits per heavy atom. The van der Waals surface area contributed by atoms with Crippen LogP contribution in [0.4, 0.5) is 0 Å². The van der Waals surface area contributed by atoms with Gasteiger partial charge in [-0.1, -0.05) is 32.0 Å². The average molecular weight is 271 g/mol. The van der Waals surface area contributed by atoms with Crippen molar-refractivity contribution in [2.24, 2.45) is 0 Å². The van der Waals surface area contributed by atoms with Gasteiger partial charge in [-0.3, -0.25) is 4.68 Å². The van der Waals surface area contributed by atoms with Gasteiger partial charge in [-0.15, -0.1) is 0 Å². The monoisotopic (exact) mass is 271 g/mol. The van der Waals surface area contributed by atoms with Crippen LogP contribution in [0.5, 0.6) is 5.75 Å². The first-order valence-corrected chi connectivity index (χ1v) is 7.20.